The van der Waals surface area contributed by atoms with Gasteiger partial charge in [0.1, 0.15) is 24.4 Å². The summed E-state index contributed by atoms with van der Waals surface area (Å²) >= 11 is 0. The second-order valence-electron chi connectivity index (χ2n) is 4.57. The van der Waals surface area contributed by atoms with E-state index < -0.39 is 30.6 Å². The van der Waals surface area contributed by atoms with Crippen LogP contribution in [-0.2, 0) is 14.3 Å². The zero-order chi connectivity index (χ0) is 13.9. The smallest absolute Gasteiger partial charge is 0.162 e. The Bertz CT molecular complexity index is 250. The van der Waals surface area contributed by atoms with E-state index >= 15 is 0 Å². The maximum absolute atomic E-state index is 10.1. The molecule has 1 aliphatic heterocycles. The van der Waals surface area contributed by atoms with Gasteiger partial charge < -0.3 is 24.8 Å². The second kappa shape index (κ2) is 6.76. The van der Waals surface area contributed by atoms with E-state index in [1.54, 1.807) is 0 Å². The predicted molar refractivity (Wildman–Crippen MR) is 62.5 cm³/mol. The van der Waals surface area contributed by atoms with E-state index in [-0.39, 0.29) is 12.6 Å². The van der Waals surface area contributed by atoms with Crippen LogP contribution in [0.4, 0.5) is 0 Å². The van der Waals surface area contributed by atoms with Gasteiger partial charge in [-0.3, -0.25) is 4.84 Å². The Hall–Kier alpha value is -0.280. The van der Waals surface area contributed by atoms with Crippen LogP contribution in [0.5, 0.6) is 0 Å². The molecule has 0 aromatic carbocycles. The van der Waals surface area contributed by atoms with Crippen molar-refractivity contribution in [3.8, 4) is 0 Å². The molecule has 1 saturated heterocycles. The van der Waals surface area contributed by atoms with Crippen molar-refractivity contribution in [2.45, 2.75) is 50.5 Å². The van der Waals surface area contributed by atoms with Crippen molar-refractivity contribution >= 4 is 0 Å². The number of hydroxylamine groups is 2. The predicted octanol–water partition coefficient (Wildman–Crippen LogP) is -1.29. The summed E-state index contributed by atoms with van der Waals surface area (Å²) in [5.74, 6) is 0. The van der Waals surface area contributed by atoms with Crippen LogP contribution in [0.1, 0.15) is 13.8 Å². The zero-order valence-electron chi connectivity index (χ0n) is 11.2. The first-order chi connectivity index (χ1) is 8.47. The highest BCUT2D eigenvalue weighted by Crippen LogP contribution is 2.26. The maximum atomic E-state index is 10.1. The van der Waals surface area contributed by atoms with Crippen molar-refractivity contribution in [1.29, 1.82) is 0 Å². The van der Waals surface area contributed by atoms with Gasteiger partial charge in [0.25, 0.3) is 0 Å². The van der Waals surface area contributed by atoms with Crippen LogP contribution in [0.15, 0.2) is 0 Å². The molecule has 0 saturated carbocycles. The van der Waals surface area contributed by atoms with E-state index in [1.807, 2.05) is 13.8 Å². The van der Waals surface area contributed by atoms with E-state index in [0.29, 0.717) is 0 Å². The first kappa shape index (κ1) is 15.8. The van der Waals surface area contributed by atoms with Gasteiger partial charge in [0.15, 0.2) is 6.23 Å². The van der Waals surface area contributed by atoms with Crippen molar-refractivity contribution < 1.29 is 29.6 Å². The number of rotatable bonds is 5. The summed E-state index contributed by atoms with van der Waals surface area (Å²) in [5.41, 5.74) is 0. The summed E-state index contributed by atoms with van der Waals surface area (Å²) in [6.07, 6.45) is -4.62. The van der Waals surface area contributed by atoms with Gasteiger partial charge in [0, 0.05) is 13.2 Å². The van der Waals surface area contributed by atoms with Gasteiger partial charge in [-0.15, -0.1) is 0 Å². The first-order valence-corrected chi connectivity index (χ1v) is 5.95. The second-order valence-corrected chi connectivity index (χ2v) is 4.57. The molecule has 0 radical (unpaired) electrons. The number of aliphatic hydroxyl groups excluding tert-OH is 3. The van der Waals surface area contributed by atoms with Crippen LogP contribution in [0.2, 0.25) is 0 Å². The van der Waals surface area contributed by atoms with Crippen molar-refractivity contribution in [3.63, 3.8) is 0 Å². The highest BCUT2D eigenvalue weighted by molar-refractivity contribution is 4.92. The van der Waals surface area contributed by atoms with Gasteiger partial charge in [0.05, 0.1) is 13.7 Å². The van der Waals surface area contributed by atoms with E-state index in [1.165, 1.54) is 19.3 Å². The summed E-state index contributed by atoms with van der Waals surface area (Å²) in [4.78, 5) is 5.17. The fourth-order valence-corrected chi connectivity index (χ4v) is 2.16. The van der Waals surface area contributed by atoms with Crippen LogP contribution in [0.3, 0.4) is 0 Å². The summed E-state index contributed by atoms with van der Waals surface area (Å²) in [6, 6.07) is -0.0401. The van der Waals surface area contributed by atoms with E-state index in [0.717, 1.165) is 0 Å². The fraction of sp³-hybridized carbons (Fsp3) is 1.00. The number of methoxy groups -OCH3 is 1. The topological polar surface area (TPSA) is 91.6 Å². The fourth-order valence-electron chi connectivity index (χ4n) is 2.16. The molecule has 0 aromatic heterocycles. The van der Waals surface area contributed by atoms with Crippen LogP contribution in [0.25, 0.3) is 0 Å². The molecule has 1 rings (SSSR count). The molecule has 0 amide bonds. The third-order valence-electron chi connectivity index (χ3n) is 3.08. The quantitative estimate of drug-likeness (QED) is 0.533. The molecule has 1 fully saturated rings. The van der Waals surface area contributed by atoms with Gasteiger partial charge in [-0.1, -0.05) is 0 Å². The molecule has 0 aromatic rings. The summed E-state index contributed by atoms with van der Waals surface area (Å²) in [5, 5.41) is 30.7. The average molecular weight is 265 g/mol. The number of hydrogen-bond acceptors (Lipinski definition) is 7. The van der Waals surface area contributed by atoms with Crippen LogP contribution in [-0.4, -0.2) is 77.9 Å². The lowest BCUT2D eigenvalue weighted by Crippen LogP contribution is -2.64. The molecule has 3 N–H and O–H groups in total. The van der Waals surface area contributed by atoms with Gasteiger partial charge >= 0.3 is 0 Å². The number of hydrogen-bond donors (Lipinski definition) is 3. The van der Waals surface area contributed by atoms with Gasteiger partial charge in [-0.25, -0.2) is 0 Å². The Morgan fingerprint density at radius 2 is 1.83 bits per heavy atom. The van der Waals surface area contributed by atoms with Crippen molar-refractivity contribution in [3.05, 3.63) is 0 Å². The van der Waals surface area contributed by atoms with Gasteiger partial charge in [0.2, 0.25) is 0 Å². The third-order valence-corrected chi connectivity index (χ3v) is 3.08. The van der Waals surface area contributed by atoms with Crippen LogP contribution >= 0.6 is 0 Å². The SMILES string of the molecule is CO[C@@H]1C(O)[C@H](N(OC)C(C)C)OC(CO)[C@@H]1O. The Kier molecular flexibility index (Phi) is 5.93. The third kappa shape index (κ3) is 3.00. The van der Waals surface area contributed by atoms with Crippen molar-refractivity contribution in [2.24, 2.45) is 0 Å². The highest BCUT2D eigenvalue weighted by atomic mass is 16.7. The average Bonchev–Trinajstić information content (AvgIpc) is 2.33. The lowest BCUT2D eigenvalue weighted by Gasteiger charge is -2.45. The van der Waals surface area contributed by atoms with Crippen molar-refractivity contribution in [1.82, 2.24) is 5.06 Å². The molecule has 1 aliphatic rings. The molecular weight excluding hydrogens is 242 g/mol. The van der Waals surface area contributed by atoms with Gasteiger partial charge in [-0.05, 0) is 13.8 Å². The van der Waals surface area contributed by atoms with Gasteiger partial charge in [-0.2, -0.15) is 5.06 Å². The largest absolute Gasteiger partial charge is 0.394 e. The molecule has 7 heteroatoms. The molecule has 0 aliphatic carbocycles. The number of ether oxygens (including phenoxy) is 2. The van der Waals surface area contributed by atoms with E-state index in [2.05, 4.69) is 0 Å². The molecule has 7 nitrogen and oxygen atoms in total. The standard InChI is InChI=1S/C11H23NO6/c1-6(2)12(17-4)11-9(15)10(16-3)8(14)7(5-13)18-11/h6-11,13-15H,5H2,1-4H3/t7?,8-,9?,10-,11+/m0/s1. The molecular formula is C11H23NO6. The number of nitrogens with zero attached hydrogens (tertiary/aromatic N) is 1. The summed E-state index contributed by atoms with van der Waals surface area (Å²) < 4.78 is 10.6. The molecule has 0 spiro atoms. The van der Waals surface area contributed by atoms with E-state index in [4.69, 9.17) is 14.3 Å². The molecule has 0 bridgehead atoms. The Morgan fingerprint density at radius 1 is 1.22 bits per heavy atom. The lowest BCUT2D eigenvalue weighted by atomic mass is 9.97. The summed E-state index contributed by atoms with van der Waals surface area (Å²) in [7, 11) is 2.86. The van der Waals surface area contributed by atoms with Crippen molar-refractivity contribution in [2.75, 3.05) is 20.8 Å². The van der Waals surface area contributed by atoms with Crippen LogP contribution in [0, 0.1) is 0 Å². The summed E-state index contributed by atoms with van der Waals surface area (Å²) in [6.45, 7) is 3.39. The normalized spacial score (nSPS) is 37.5. The number of aliphatic hydroxyl groups is 3. The van der Waals surface area contributed by atoms with Crippen LogP contribution < -0.4 is 0 Å². The molecule has 1 heterocycles. The Morgan fingerprint density at radius 3 is 2.22 bits per heavy atom. The first-order valence-electron chi connectivity index (χ1n) is 5.95. The zero-order valence-corrected chi connectivity index (χ0v) is 11.2. The molecule has 5 atom stereocenters. The highest BCUT2D eigenvalue weighted by Gasteiger charge is 2.47. The molecule has 18 heavy (non-hydrogen) atoms. The van der Waals surface area contributed by atoms with E-state index in [9.17, 15) is 15.3 Å². The molecule has 108 valence electrons. The minimum Gasteiger partial charge on any atom is -0.394 e. The Labute approximate surface area is 107 Å². The molecule has 2 unspecified atom stereocenters. The minimum absolute atomic E-state index is 0.0401. The monoisotopic (exact) mass is 265 g/mol. The Balaban J connectivity index is 2.90. The maximum Gasteiger partial charge on any atom is 0.162 e. The lowest BCUT2D eigenvalue weighted by molar-refractivity contribution is -0.338. The minimum atomic E-state index is -1.09.